The summed E-state index contributed by atoms with van der Waals surface area (Å²) in [5.74, 6) is 0.752. The van der Waals surface area contributed by atoms with Crippen LogP contribution in [-0.2, 0) is 16.0 Å². The van der Waals surface area contributed by atoms with E-state index in [2.05, 4.69) is 11.9 Å². The molecule has 182 valence electrons. The van der Waals surface area contributed by atoms with Gasteiger partial charge in [-0.15, -0.1) is 6.58 Å². The van der Waals surface area contributed by atoms with Crippen molar-refractivity contribution in [3.63, 3.8) is 0 Å². The van der Waals surface area contributed by atoms with Crippen molar-refractivity contribution in [3.05, 3.63) is 54.1 Å². The fourth-order valence-electron chi connectivity index (χ4n) is 2.73. The number of aryl methyl sites for hydroxylation is 1. The summed E-state index contributed by atoms with van der Waals surface area (Å²) in [5.41, 5.74) is 2.30. The van der Waals surface area contributed by atoms with Gasteiger partial charge >= 0.3 is 0 Å². The number of amides is 2. The summed E-state index contributed by atoms with van der Waals surface area (Å²) in [6.07, 6.45) is 7.15. The number of benzene rings is 1. The van der Waals surface area contributed by atoms with Crippen molar-refractivity contribution in [2.75, 3.05) is 26.9 Å². The van der Waals surface area contributed by atoms with E-state index in [0.29, 0.717) is 19.5 Å². The van der Waals surface area contributed by atoms with Gasteiger partial charge in [0, 0.05) is 13.1 Å². The Bertz CT molecular complexity index is 645. The van der Waals surface area contributed by atoms with Crippen LogP contribution in [0.4, 0.5) is 4.39 Å². The molecule has 0 heterocycles. The molecule has 0 bridgehead atoms. The Morgan fingerprint density at radius 3 is 2.31 bits per heavy atom. The maximum atomic E-state index is 12.6. The molecule has 0 saturated carbocycles. The zero-order valence-corrected chi connectivity index (χ0v) is 20.8. The molecule has 32 heavy (non-hydrogen) atoms. The third-order valence-corrected chi connectivity index (χ3v) is 4.57. The molecule has 0 spiro atoms. The van der Waals surface area contributed by atoms with Gasteiger partial charge in [-0.3, -0.25) is 9.59 Å². The Morgan fingerprint density at radius 1 is 1.28 bits per heavy atom. The van der Waals surface area contributed by atoms with Crippen LogP contribution in [-0.4, -0.2) is 50.1 Å². The summed E-state index contributed by atoms with van der Waals surface area (Å²) in [7, 11) is 1.65. The molecule has 1 aromatic rings. The van der Waals surface area contributed by atoms with E-state index in [1.165, 1.54) is 11.6 Å². The van der Waals surface area contributed by atoms with E-state index < -0.39 is 12.7 Å². The molecule has 0 saturated heterocycles. The molecule has 2 amide bonds. The van der Waals surface area contributed by atoms with Gasteiger partial charge in [0.1, 0.15) is 18.5 Å². The normalized spacial score (nSPS) is 11.0. The van der Waals surface area contributed by atoms with E-state index in [-0.39, 0.29) is 5.91 Å². The van der Waals surface area contributed by atoms with Crippen LogP contribution in [0.15, 0.2) is 48.6 Å². The molecule has 0 radical (unpaired) electrons. The summed E-state index contributed by atoms with van der Waals surface area (Å²) in [6, 6.07) is 7.53. The van der Waals surface area contributed by atoms with Gasteiger partial charge in [-0.25, -0.2) is 4.39 Å². The molecule has 1 rings (SSSR count). The zero-order chi connectivity index (χ0) is 24.8. The first-order chi connectivity index (χ1) is 15.5. The number of hydrogen-bond acceptors (Lipinski definition) is 3. The van der Waals surface area contributed by atoms with Crippen molar-refractivity contribution in [1.29, 1.82) is 0 Å². The van der Waals surface area contributed by atoms with Gasteiger partial charge in [0.2, 0.25) is 12.3 Å². The molecule has 6 heteroatoms. The number of ether oxygens (including phenoxy) is 1. The molecule has 1 unspecified atom stereocenters. The lowest BCUT2D eigenvalue weighted by molar-refractivity contribution is -0.133. The molecule has 1 atom stereocenters. The van der Waals surface area contributed by atoms with Crippen LogP contribution in [0.2, 0.25) is 0 Å². The van der Waals surface area contributed by atoms with E-state index in [0.717, 1.165) is 37.0 Å². The number of allylic oxidation sites excluding steroid dienone is 2. The SMILES string of the molecule is C/C=C(\C)CNC(=O)C(CCCc1ccc(OC)cc1)N(C=O)CCC.C=CCF.CC. The minimum atomic E-state index is -0.421. The predicted octanol–water partition coefficient (Wildman–Crippen LogP) is 5.51. The lowest BCUT2D eigenvalue weighted by Gasteiger charge is -2.27. The van der Waals surface area contributed by atoms with Crippen molar-refractivity contribution in [1.82, 2.24) is 10.2 Å². The second-order valence-corrected chi connectivity index (χ2v) is 6.90. The second kappa shape index (κ2) is 21.6. The van der Waals surface area contributed by atoms with E-state index in [1.807, 2.05) is 65.0 Å². The molecule has 0 aliphatic rings. The largest absolute Gasteiger partial charge is 0.497 e. The maximum absolute atomic E-state index is 12.6. The van der Waals surface area contributed by atoms with Gasteiger partial charge in [0.05, 0.1) is 7.11 Å². The van der Waals surface area contributed by atoms with E-state index in [4.69, 9.17) is 4.74 Å². The lowest BCUT2D eigenvalue weighted by Crippen LogP contribution is -2.47. The summed E-state index contributed by atoms with van der Waals surface area (Å²) < 4.78 is 15.8. The summed E-state index contributed by atoms with van der Waals surface area (Å²) in [6.45, 7) is 13.7. The Morgan fingerprint density at radius 2 is 1.88 bits per heavy atom. The molecular weight excluding hydrogens is 407 g/mol. The molecular formula is C26H43FN2O3. The Labute approximate surface area is 194 Å². The van der Waals surface area contributed by atoms with Crippen LogP contribution < -0.4 is 10.1 Å². The van der Waals surface area contributed by atoms with Crippen molar-refractivity contribution in [3.8, 4) is 5.75 Å². The molecule has 0 aliphatic heterocycles. The Hall–Kier alpha value is -2.63. The molecule has 0 aromatic heterocycles. The third kappa shape index (κ3) is 14.4. The number of alkyl halides is 1. The highest BCUT2D eigenvalue weighted by Crippen LogP contribution is 2.15. The standard InChI is InChI=1S/C21H32N2O3.C3H5F.C2H6/c1-5-14-23(16-24)20(21(25)22-15-17(3)6-2)9-7-8-18-10-12-19(26-4)13-11-18;1-2-3-4;1-2/h6,10-13,16,20H,5,7-9,14-15H2,1-4H3,(H,22,25);2H,1,3H2;1-2H3/b17-6+;;. The maximum Gasteiger partial charge on any atom is 0.243 e. The molecule has 0 aliphatic carbocycles. The monoisotopic (exact) mass is 450 g/mol. The number of halogens is 1. The highest BCUT2D eigenvalue weighted by Gasteiger charge is 2.23. The predicted molar refractivity (Wildman–Crippen MR) is 133 cm³/mol. The quantitative estimate of drug-likeness (QED) is 0.319. The number of carbonyl (C=O) groups excluding carboxylic acids is 2. The van der Waals surface area contributed by atoms with E-state index in [9.17, 15) is 14.0 Å². The number of carbonyl (C=O) groups is 2. The molecule has 1 aromatic carbocycles. The fourth-order valence-corrected chi connectivity index (χ4v) is 2.73. The van der Waals surface area contributed by atoms with Crippen LogP contribution in [0.3, 0.4) is 0 Å². The minimum absolute atomic E-state index is 0.0820. The topological polar surface area (TPSA) is 58.6 Å². The zero-order valence-electron chi connectivity index (χ0n) is 20.8. The van der Waals surface area contributed by atoms with Gasteiger partial charge in [-0.1, -0.05) is 50.6 Å². The first-order valence-corrected chi connectivity index (χ1v) is 11.4. The van der Waals surface area contributed by atoms with Crippen LogP contribution in [0.25, 0.3) is 0 Å². The van der Waals surface area contributed by atoms with Gasteiger partial charge in [0.25, 0.3) is 0 Å². The molecule has 5 nitrogen and oxygen atoms in total. The van der Waals surface area contributed by atoms with Gasteiger partial charge in [-0.2, -0.15) is 0 Å². The van der Waals surface area contributed by atoms with Crippen LogP contribution in [0, 0.1) is 0 Å². The van der Waals surface area contributed by atoms with Crippen LogP contribution in [0.5, 0.6) is 5.75 Å². The Balaban J connectivity index is 0. The lowest BCUT2D eigenvalue weighted by atomic mass is 10.0. The fraction of sp³-hybridized carbons (Fsp3) is 0.538. The van der Waals surface area contributed by atoms with Crippen molar-refractivity contribution in [2.45, 2.75) is 66.3 Å². The van der Waals surface area contributed by atoms with Gasteiger partial charge in [-0.05, 0) is 57.2 Å². The third-order valence-electron chi connectivity index (χ3n) is 4.57. The summed E-state index contributed by atoms with van der Waals surface area (Å²) >= 11 is 0. The second-order valence-electron chi connectivity index (χ2n) is 6.90. The Kier molecular flexibility index (Phi) is 21.3. The molecule has 1 N–H and O–H groups in total. The number of hydrogen-bond donors (Lipinski definition) is 1. The van der Waals surface area contributed by atoms with Crippen LogP contribution in [0.1, 0.15) is 59.4 Å². The van der Waals surface area contributed by atoms with Crippen LogP contribution >= 0.6 is 0 Å². The van der Waals surface area contributed by atoms with E-state index in [1.54, 1.807) is 12.0 Å². The number of nitrogens with one attached hydrogen (secondary N) is 1. The summed E-state index contributed by atoms with van der Waals surface area (Å²) in [4.78, 5) is 25.7. The van der Waals surface area contributed by atoms with Crippen molar-refractivity contribution in [2.24, 2.45) is 0 Å². The average Bonchev–Trinajstić information content (AvgIpc) is 2.85. The van der Waals surface area contributed by atoms with Crippen molar-refractivity contribution >= 4 is 12.3 Å². The average molecular weight is 451 g/mol. The number of rotatable bonds is 13. The minimum Gasteiger partial charge on any atom is -0.497 e. The summed E-state index contributed by atoms with van der Waals surface area (Å²) in [5, 5.41) is 2.95. The number of nitrogens with zero attached hydrogens (tertiary/aromatic N) is 1. The first-order valence-electron chi connectivity index (χ1n) is 11.4. The first kappa shape index (κ1) is 31.6. The highest BCUT2D eigenvalue weighted by molar-refractivity contribution is 5.83. The smallest absolute Gasteiger partial charge is 0.243 e. The van der Waals surface area contributed by atoms with Gasteiger partial charge in [0.15, 0.2) is 0 Å². The molecule has 0 fully saturated rings. The highest BCUT2D eigenvalue weighted by atomic mass is 19.1. The van der Waals surface area contributed by atoms with Crippen molar-refractivity contribution < 1.29 is 18.7 Å². The number of methoxy groups -OCH3 is 1. The van der Waals surface area contributed by atoms with E-state index >= 15 is 0 Å². The van der Waals surface area contributed by atoms with Gasteiger partial charge < -0.3 is 15.0 Å².